The number of halogens is 1. The van der Waals surface area contributed by atoms with E-state index in [1.165, 1.54) is 5.56 Å². The van der Waals surface area contributed by atoms with E-state index in [0.29, 0.717) is 0 Å². The van der Waals surface area contributed by atoms with Gasteiger partial charge in [0, 0.05) is 23.6 Å². The summed E-state index contributed by atoms with van der Waals surface area (Å²) in [6, 6.07) is 7.99. The average Bonchev–Trinajstić information content (AvgIpc) is 2.82. The molecule has 2 aromatic rings. The molecule has 0 amide bonds. The van der Waals surface area contributed by atoms with Gasteiger partial charge < -0.3 is 9.84 Å². The van der Waals surface area contributed by atoms with Crippen molar-refractivity contribution in [3.05, 3.63) is 46.1 Å². The highest BCUT2D eigenvalue weighted by Gasteiger charge is 2.29. The molecule has 0 saturated carbocycles. The first-order valence-electron chi connectivity index (χ1n) is 6.22. The van der Waals surface area contributed by atoms with E-state index >= 15 is 0 Å². The number of fused-ring (bicyclic) bond motifs is 1. The molecule has 3 rings (SSSR count). The number of rotatable bonds is 2. The van der Waals surface area contributed by atoms with Crippen LogP contribution in [0.2, 0.25) is 5.02 Å². The van der Waals surface area contributed by atoms with E-state index in [-0.39, 0.29) is 5.92 Å². The zero-order valence-corrected chi connectivity index (χ0v) is 11.0. The molecule has 1 aliphatic rings. The third kappa shape index (κ3) is 1.79. The summed E-state index contributed by atoms with van der Waals surface area (Å²) < 4.78 is 5.35. The molecule has 0 radical (unpaired) electrons. The Morgan fingerprint density at radius 1 is 1.39 bits per heavy atom. The minimum absolute atomic E-state index is 0.258. The summed E-state index contributed by atoms with van der Waals surface area (Å²) in [6.45, 7) is 0. The normalized spacial score (nSPS) is 18.4. The fourth-order valence-electron chi connectivity index (χ4n) is 2.71. The van der Waals surface area contributed by atoms with Crippen molar-refractivity contribution in [2.24, 2.45) is 0 Å². The second kappa shape index (κ2) is 4.65. The number of nitrogens with zero attached hydrogens (tertiary/aromatic N) is 1. The van der Waals surface area contributed by atoms with Gasteiger partial charge in [0.15, 0.2) is 0 Å². The quantitative estimate of drug-likeness (QED) is 0.894. The van der Waals surface area contributed by atoms with Gasteiger partial charge in [0.1, 0.15) is 0 Å². The first-order valence-corrected chi connectivity index (χ1v) is 6.59. The standard InChI is InChI=1S/C14H15ClN2O/c1-16-14-11-7-4-6-10(13(11)17-18-14)9-5-2-3-8-12(9)15/h2-3,5,8,10,16H,4,6-7H2,1H3. The Balaban J connectivity index is 2.07. The Labute approximate surface area is 111 Å². The van der Waals surface area contributed by atoms with Gasteiger partial charge in [-0.3, -0.25) is 0 Å². The molecule has 1 heterocycles. The lowest BCUT2D eigenvalue weighted by Gasteiger charge is -2.21. The van der Waals surface area contributed by atoms with Gasteiger partial charge in [-0.15, -0.1) is 0 Å². The van der Waals surface area contributed by atoms with Crippen molar-refractivity contribution in [3.63, 3.8) is 0 Å². The zero-order chi connectivity index (χ0) is 12.5. The van der Waals surface area contributed by atoms with Gasteiger partial charge in [-0.25, -0.2) is 0 Å². The summed E-state index contributed by atoms with van der Waals surface area (Å²) in [5, 5.41) is 8.10. The first kappa shape index (κ1) is 11.6. The zero-order valence-electron chi connectivity index (χ0n) is 10.2. The molecule has 1 aromatic carbocycles. The van der Waals surface area contributed by atoms with Crippen LogP contribution in [0.4, 0.5) is 5.88 Å². The lowest BCUT2D eigenvalue weighted by atomic mass is 9.83. The molecule has 0 aliphatic heterocycles. The summed E-state index contributed by atoms with van der Waals surface area (Å²) in [7, 11) is 1.86. The summed E-state index contributed by atoms with van der Waals surface area (Å²) >= 11 is 6.29. The summed E-state index contributed by atoms with van der Waals surface area (Å²) in [5.74, 6) is 1.05. The van der Waals surface area contributed by atoms with E-state index in [9.17, 15) is 0 Å². The predicted octanol–water partition coefficient (Wildman–Crippen LogP) is 3.84. The van der Waals surface area contributed by atoms with Crippen LogP contribution < -0.4 is 5.32 Å². The predicted molar refractivity (Wildman–Crippen MR) is 72.3 cm³/mol. The van der Waals surface area contributed by atoms with Crippen molar-refractivity contribution in [3.8, 4) is 0 Å². The molecule has 0 fully saturated rings. The molecule has 1 atom stereocenters. The highest BCUT2D eigenvalue weighted by atomic mass is 35.5. The van der Waals surface area contributed by atoms with E-state index < -0.39 is 0 Å². The Hall–Kier alpha value is -1.48. The Morgan fingerprint density at radius 3 is 3.00 bits per heavy atom. The first-order chi connectivity index (χ1) is 8.81. The lowest BCUT2D eigenvalue weighted by molar-refractivity contribution is 0.420. The van der Waals surface area contributed by atoms with Crippen LogP contribution in [-0.2, 0) is 6.42 Å². The van der Waals surface area contributed by atoms with Gasteiger partial charge >= 0.3 is 0 Å². The highest BCUT2D eigenvalue weighted by molar-refractivity contribution is 6.31. The van der Waals surface area contributed by atoms with Gasteiger partial charge in [0.25, 0.3) is 0 Å². The van der Waals surface area contributed by atoms with Crippen LogP contribution in [0.25, 0.3) is 0 Å². The third-order valence-electron chi connectivity index (χ3n) is 3.58. The number of nitrogens with one attached hydrogen (secondary N) is 1. The van der Waals surface area contributed by atoms with Crippen LogP contribution in [0.15, 0.2) is 28.8 Å². The maximum absolute atomic E-state index is 6.29. The van der Waals surface area contributed by atoms with Crippen molar-refractivity contribution in [1.29, 1.82) is 0 Å². The van der Waals surface area contributed by atoms with E-state index in [1.807, 2.05) is 25.2 Å². The molecule has 0 saturated heterocycles. The average molecular weight is 263 g/mol. The van der Waals surface area contributed by atoms with E-state index in [0.717, 1.165) is 41.4 Å². The number of benzene rings is 1. The van der Waals surface area contributed by atoms with E-state index in [4.69, 9.17) is 16.1 Å². The molecule has 1 unspecified atom stereocenters. The lowest BCUT2D eigenvalue weighted by Crippen LogP contribution is -2.11. The summed E-state index contributed by atoms with van der Waals surface area (Å²) in [5.41, 5.74) is 3.39. The minimum atomic E-state index is 0.258. The second-order valence-corrected chi connectivity index (χ2v) is 5.00. The maximum atomic E-state index is 6.29. The molecular formula is C14H15ClN2O. The monoisotopic (exact) mass is 262 g/mol. The molecular weight excluding hydrogens is 248 g/mol. The largest absolute Gasteiger partial charge is 0.357 e. The van der Waals surface area contributed by atoms with Crippen LogP contribution in [0, 0.1) is 0 Å². The number of aromatic nitrogens is 1. The van der Waals surface area contributed by atoms with Crippen LogP contribution in [0.1, 0.15) is 35.6 Å². The molecule has 0 bridgehead atoms. The summed E-state index contributed by atoms with van der Waals surface area (Å²) in [4.78, 5) is 0. The van der Waals surface area contributed by atoms with E-state index in [1.54, 1.807) is 0 Å². The Kier molecular flexibility index (Phi) is 3.00. The van der Waals surface area contributed by atoms with Gasteiger partial charge in [-0.1, -0.05) is 35.0 Å². The molecule has 4 heteroatoms. The van der Waals surface area contributed by atoms with E-state index in [2.05, 4.69) is 16.5 Å². The van der Waals surface area contributed by atoms with Crippen LogP contribution >= 0.6 is 11.6 Å². The molecule has 1 N–H and O–H groups in total. The topological polar surface area (TPSA) is 38.1 Å². The SMILES string of the molecule is CNc1onc2c1CCCC2c1ccccc1Cl. The second-order valence-electron chi connectivity index (χ2n) is 4.59. The number of hydrogen-bond donors (Lipinski definition) is 1. The fraction of sp³-hybridized carbons (Fsp3) is 0.357. The van der Waals surface area contributed by atoms with Crippen molar-refractivity contribution in [2.75, 3.05) is 12.4 Å². The molecule has 3 nitrogen and oxygen atoms in total. The van der Waals surface area contributed by atoms with Gasteiger partial charge in [0.05, 0.1) is 5.69 Å². The van der Waals surface area contributed by atoms with Gasteiger partial charge in [0.2, 0.25) is 5.88 Å². The fourth-order valence-corrected chi connectivity index (χ4v) is 2.98. The number of anilines is 1. The summed E-state index contributed by atoms with van der Waals surface area (Å²) in [6.07, 6.45) is 3.24. The third-order valence-corrected chi connectivity index (χ3v) is 3.92. The van der Waals surface area contributed by atoms with Crippen LogP contribution in [0.3, 0.4) is 0 Å². The van der Waals surface area contributed by atoms with Crippen molar-refractivity contribution in [1.82, 2.24) is 5.16 Å². The van der Waals surface area contributed by atoms with Gasteiger partial charge in [-0.05, 0) is 30.9 Å². The van der Waals surface area contributed by atoms with Crippen molar-refractivity contribution >= 4 is 17.5 Å². The molecule has 94 valence electrons. The van der Waals surface area contributed by atoms with Crippen molar-refractivity contribution in [2.45, 2.75) is 25.2 Å². The van der Waals surface area contributed by atoms with Crippen molar-refractivity contribution < 1.29 is 4.52 Å². The molecule has 0 spiro atoms. The maximum Gasteiger partial charge on any atom is 0.227 e. The van der Waals surface area contributed by atoms with Crippen LogP contribution in [0.5, 0.6) is 0 Å². The Morgan fingerprint density at radius 2 is 2.22 bits per heavy atom. The molecule has 18 heavy (non-hydrogen) atoms. The minimum Gasteiger partial charge on any atom is -0.357 e. The highest BCUT2D eigenvalue weighted by Crippen LogP contribution is 2.41. The van der Waals surface area contributed by atoms with Crippen LogP contribution in [-0.4, -0.2) is 12.2 Å². The number of hydrogen-bond acceptors (Lipinski definition) is 3. The smallest absolute Gasteiger partial charge is 0.227 e. The Bertz CT molecular complexity index is 565. The van der Waals surface area contributed by atoms with Gasteiger partial charge in [-0.2, -0.15) is 0 Å². The molecule has 1 aliphatic carbocycles. The molecule has 1 aromatic heterocycles.